The molecule has 208 valence electrons. The van der Waals surface area contributed by atoms with Crippen LogP contribution in [0.1, 0.15) is 29.2 Å². The molecule has 1 saturated heterocycles. The van der Waals surface area contributed by atoms with Gasteiger partial charge in [0.1, 0.15) is 0 Å². The van der Waals surface area contributed by atoms with Gasteiger partial charge in [-0.1, -0.05) is 53.8 Å². The van der Waals surface area contributed by atoms with Crippen LogP contribution in [0.25, 0.3) is 6.08 Å². The van der Waals surface area contributed by atoms with Crippen LogP contribution in [-0.4, -0.2) is 29.3 Å². The number of rotatable bonds is 8. The molecule has 11 heteroatoms. The third-order valence-electron chi connectivity index (χ3n) is 5.78. The van der Waals surface area contributed by atoms with Gasteiger partial charge >= 0.3 is 6.18 Å². The van der Waals surface area contributed by atoms with Gasteiger partial charge in [-0.15, -0.1) is 0 Å². The number of alkyl halides is 3. The summed E-state index contributed by atoms with van der Waals surface area (Å²) in [4.78, 5) is 27.5. The van der Waals surface area contributed by atoms with Crippen LogP contribution in [0, 0.1) is 13.8 Å². The summed E-state index contributed by atoms with van der Waals surface area (Å²) in [7, 11) is 0. The predicted octanol–water partition coefficient (Wildman–Crippen LogP) is 7.14. The van der Waals surface area contributed by atoms with E-state index >= 15 is 0 Å². The lowest BCUT2D eigenvalue weighted by Crippen LogP contribution is -2.28. The molecule has 1 aliphatic rings. The maximum absolute atomic E-state index is 13.2. The summed E-state index contributed by atoms with van der Waals surface area (Å²) in [6.45, 7) is 5.55. The predicted molar refractivity (Wildman–Crippen MR) is 155 cm³/mol. The van der Waals surface area contributed by atoms with E-state index in [1.807, 2.05) is 32.0 Å². The molecule has 2 amide bonds. The van der Waals surface area contributed by atoms with Crippen LogP contribution < -0.4 is 19.7 Å². The van der Waals surface area contributed by atoms with Crippen molar-refractivity contribution in [2.75, 3.05) is 23.4 Å². The third kappa shape index (κ3) is 6.83. The number of benzene rings is 3. The Morgan fingerprint density at radius 3 is 2.52 bits per heavy atom. The zero-order valence-corrected chi connectivity index (χ0v) is 23.4. The van der Waals surface area contributed by atoms with Crippen molar-refractivity contribution in [3.8, 4) is 11.5 Å². The van der Waals surface area contributed by atoms with Gasteiger partial charge in [0.05, 0.1) is 22.8 Å². The van der Waals surface area contributed by atoms with Crippen LogP contribution >= 0.6 is 24.0 Å². The Hall–Kier alpha value is -3.83. The van der Waals surface area contributed by atoms with Gasteiger partial charge in [-0.05, 0) is 74.4 Å². The topological polar surface area (TPSA) is 67.9 Å². The first-order chi connectivity index (χ1) is 19.0. The Labute approximate surface area is 239 Å². The van der Waals surface area contributed by atoms with Gasteiger partial charge in [-0.3, -0.25) is 14.5 Å². The molecular weight excluding hydrogens is 561 g/mol. The number of nitrogens with zero attached hydrogens (tertiary/aromatic N) is 1. The van der Waals surface area contributed by atoms with Gasteiger partial charge in [0.2, 0.25) is 0 Å². The lowest BCUT2D eigenvalue weighted by molar-refractivity contribution is -0.137. The molecular formula is C29H25F3N2O4S2. The maximum Gasteiger partial charge on any atom is 0.416 e. The van der Waals surface area contributed by atoms with Crippen LogP contribution in [0.3, 0.4) is 0 Å². The molecule has 0 radical (unpaired) electrons. The second-order valence-electron chi connectivity index (χ2n) is 8.86. The highest BCUT2D eigenvalue weighted by Gasteiger charge is 2.34. The lowest BCUT2D eigenvalue weighted by Gasteiger charge is -2.17. The average molecular weight is 587 g/mol. The van der Waals surface area contributed by atoms with E-state index in [1.165, 1.54) is 28.8 Å². The highest BCUT2D eigenvalue weighted by molar-refractivity contribution is 8.27. The molecule has 0 aliphatic carbocycles. The van der Waals surface area contributed by atoms with E-state index in [2.05, 4.69) is 5.32 Å². The molecule has 40 heavy (non-hydrogen) atoms. The Balaban J connectivity index is 1.47. The van der Waals surface area contributed by atoms with Crippen molar-refractivity contribution >= 4 is 57.6 Å². The number of nitrogens with one attached hydrogen (secondary N) is 1. The molecule has 0 saturated carbocycles. The Kier molecular flexibility index (Phi) is 8.85. The number of thioether (sulfide) groups is 1. The fourth-order valence-corrected chi connectivity index (χ4v) is 5.28. The maximum atomic E-state index is 13.2. The summed E-state index contributed by atoms with van der Waals surface area (Å²) in [5.41, 5.74) is 2.55. The van der Waals surface area contributed by atoms with E-state index in [0.29, 0.717) is 27.1 Å². The molecule has 3 aromatic carbocycles. The van der Waals surface area contributed by atoms with Gasteiger partial charge < -0.3 is 14.8 Å². The van der Waals surface area contributed by atoms with Crippen LogP contribution in [0.15, 0.2) is 65.6 Å². The normalized spacial score (nSPS) is 14.6. The minimum Gasteiger partial charge on any atom is -0.490 e. The summed E-state index contributed by atoms with van der Waals surface area (Å²) in [5.74, 6) is -0.263. The molecule has 0 bridgehead atoms. The first kappa shape index (κ1) is 29.2. The SMILES string of the molecule is CCOc1cc(/C=C2\SC(=S)N(c3ccc(C)cc3C)C2=O)ccc1OCC(=O)Nc1cccc(C(F)(F)F)c1. The Bertz CT molecular complexity index is 1500. The summed E-state index contributed by atoms with van der Waals surface area (Å²) < 4.78 is 50.5. The van der Waals surface area contributed by atoms with Crippen molar-refractivity contribution in [3.63, 3.8) is 0 Å². The van der Waals surface area contributed by atoms with Crippen molar-refractivity contribution < 1.29 is 32.2 Å². The van der Waals surface area contributed by atoms with Gasteiger partial charge in [0.25, 0.3) is 11.8 Å². The molecule has 1 N–H and O–H groups in total. The fraction of sp³-hybridized carbons (Fsp3) is 0.207. The molecule has 0 unspecified atom stereocenters. The Morgan fingerprint density at radius 1 is 1.05 bits per heavy atom. The number of carbonyl (C=O) groups is 2. The van der Waals surface area contributed by atoms with Gasteiger partial charge in [0.15, 0.2) is 22.4 Å². The van der Waals surface area contributed by atoms with E-state index in [0.717, 1.165) is 28.9 Å². The first-order valence-corrected chi connectivity index (χ1v) is 13.4. The molecule has 1 heterocycles. The largest absolute Gasteiger partial charge is 0.490 e. The van der Waals surface area contributed by atoms with Crippen LogP contribution in [0.5, 0.6) is 11.5 Å². The van der Waals surface area contributed by atoms with E-state index in [4.69, 9.17) is 21.7 Å². The summed E-state index contributed by atoms with van der Waals surface area (Å²) in [5, 5.41) is 2.40. The summed E-state index contributed by atoms with van der Waals surface area (Å²) >= 11 is 6.69. The van der Waals surface area contributed by atoms with Crippen LogP contribution in [0.2, 0.25) is 0 Å². The molecule has 0 aromatic heterocycles. The number of ether oxygens (including phenoxy) is 2. The second-order valence-corrected chi connectivity index (χ2v) is 10.5. The molecule has 6 nitrogen and oxygen atoms in total. The highest BCUT2D eigenvalue weighted by atomic mass is 32.2. The van der Waals surface area contributed by atoms with Crippen molar-refractivity contribution in [1.29, 1.82) is 0 Å². The number of anilines is 2. The summed E-state index contributed by atoms with van der Waals surface area (Å²) in [6.07, 6.45) is -2.82. The number of aryl methyl sites for hydroxylation is 2. The van der Waals surface area contributed by atoms with Crippen molar-refractivity contribution in [3.05, 3.63) is 87.8 Å². The van der Waals surface area contributed by atoms with Crippen LogP contribution in [0.4, 0.5) is 24.5 Å². The number of carbonyl (C=O) groups excluding carboxylic acids is 2. The standard InChI is InChI=1S/C29H25F3N2O4S2/c1-4-37-24-13-19(14-25-27(36)34(28(39)40-25)22-10-8-17(2)12-18(22)3)9-11-23(24)38-16-26(35)33-21-7-5-6-20(15-21)29(30,31)32/h5-15H,4,16H2,1-3H3,(H,33,35)/b25-14-. The second kappa shape index (κ2) is 12.1. The molecule has 0 atom stereocenters. The molecule has 4 rings (SSSR count). The van der Waals surface area contributed by atoms with Crippen molar-refractivity contribution in [1.82, 2.24) is 0 Å². The minimum absolute atomic E-state index is 0.00181. The minimum atomic E-state index is -4.52. The van der Waals surface area contributed by atoms with Crippen LogP contribution in [-0.2, 0) is 15.8 Å². The number of amides is 2. The number of hydrogen-bond acceptors (Lipinski definition) is 6. The van der Waals surface area contributed by atoms with Gasteiger partial charge in [-0.2, -0.15) is 13.2 Å². The van der Waals surface area contributed by atoms with E-state index < -0.39 is 24.3 Å². The van der Waals surface area contributed by atoms with E-state index in [-0.39, 0.29) is 17.3 Å². The quantitative estimate of drug-likeness (QED) is 0.224. The molecule has 3 aromatic rings. The van der Waals surface area contributed by atoms with E-state index in [9.17, 15) is 22.8 Å². The number of thiocarbonyl (C=S) groups is 1. The zero-order valence-electron chi connectivity index (χ0n) is 21.8. The van der Waals surface area contributed by atoms with Crippen molar-refractivity contribution in [2.24, 2.45) is 0 Å². The highest BCUT2D eigenvalue weighted by Crippen LogP contribution is 2.38. The first-order valence-electron chi connectivity index (χ1n) is 12.2. The average Bonchev–Trinajstić information content (AvgIpc) is 3.16. The molecule has 1 aliphatic heterocycles. The zero-order chi connectivity index (χ0) is 29.0. The number of halogens is 3. The van der Waals surface area contributed by atoms with Gasteiger partial charge in [0, 0.05) is 5.69 Å². The fourth-order valence-electron chi connectivity index (χ4n) is 4.00. The van der Waals surface area contributed by atoms with Gasteiger partial charge in [-0.25, -0.2) is 0 Å². The monoisotopic (exact) mass is 586 g/mol. The molecule has 0 spiro atoms. The molecule has 1 fully saturated rings. The van der Waals surface area contributed by atoms with E-state index in [1.54, 1.807) is 31.2 Å². The summed E-state index contributed by atoms with van der Waals surface area (Å²) in [6, 6.07) is 15.1. The third-order valence-corrected chi connectivity index (χ3v) is 7.09. The number of hydrogen-bond donors (Lipinski definition) is 1. The smallest absolute Gasteiger partial charge is 0.416 e. The van der Waals surface area contributed by atoms with Crippen molar-refractivity contribution in [2.45, 2.75) is 26.9 Å². The lowest BCUT2D eigenvalue weighted by atomic mass is 10.1. The Morgan fingerprint density at radius 2 is 1.82 bits per heavy atom.